The van der Waals surface area contributed by atoms with Gasteiger partial charge in [-0.15, -0.1) is 0 Å². The van der Waals surface area contributed by atoms with Crippen LogP contribution in [0.4, 0.5) is 0 Å². The van der Waals surface area contributed by atoms with Crippen LogP contribution in [-0.2, 0) is 9.47 Å². The van der Waals surface area contributed by atoms with Crippen LogP contribution >= 0.6 is 0 Å². The van der Waals surface area contributed by atoms with Crippen molar-refractivity contribution in [3.8, 4) is 23.3 Å². The van der Waals surface area contributed by atoms with E-state index in [0.29, 0.717) is 17.1 Å². The van der Waals surface area contributed by atoms with Gasteiger partial charge in [-0.25, -0.2) is 0 Å². The molecule has 2 aromatic rings. The van der Waals surface area contributed by atoms with Gasteiger partial charge in [0.15, 0.2) is 25.1 Å². The zero-order chi connectivity index (χ0) is 17.5. The van der Waals surface area contributed by atoms with Gasteiger partial charge in [0.2, 0.25) is 5.43 Å². The van der Waals surface area contributed by atoms with E-state index in [4.69, 9.17) is 23.4 Å². The Hall–Kier alpha value is -2.53. The van der Waals surface area contributed by atoms with Gasteiger partial charge in [-0.2, -0.15) is 0 Å². The summed E-state index contributed by atoms with van der Waals surface area (Å²) in [5.41, 5.74) is 0.134. The minimum Gasteiger partial charge on any atom is -0.464 e. The van der Waals surface area contributed by atoms with Crippen molar-refractivity contribution in [1.29, 1.82) is 0 Å². The Balaban J connectivity index is 2.53. The van der Waals surface area contributed by atoms with E-state index in [2.05, 4.69) is 11.8 Å². The van der Waals surface area contributed by atoms with Crippen molar-refractivity contribution in [3.05, 3.63) is 34.2 Å². The highest BCUT2D eigenvalue weighted by molar-refractivity contribution is 5.81. The summed E-state index contributed by atoms with van der Waals surface area (Å²) in [5.74, 6) is 5.77. The normalized spacial score (nSPS) is 11.7. The van der Waals surface area contributed by atoms with Crippen molar-refractivity contribution in [1.82, 2.24) is 0 Å². The van der Waals surface area contributed by atoms with Gasteiger partial charge in [-0.1, -0.05) is 11.8 Å². The van der Waals surface area contributed by atoms with E-state index >= 15 is 0 Å². The van der Waals surface area contributed by atoms with E-state index in [1.54, 1.807) is 0 Å². The highest BCUT2D eigenvalue weighted by Gasteiger charge is 2.13. The molecule has 0 fully saturated rings. The molecule has 0 spiro atoms. The van der Waals surface area contributed by atoms with Crippen LogP contribution in [0, 0.1) is 11.8 Å². The first kappa shape index (κ1) is 17.8. The summed E-state index contributed by atoms with van der Waals surface area (Å²) < 4.78 is 26.0. The van der Waals surface area contributed by atoms with Crippen LogP contribution in [0.2, 0.25) is 0 Å². The minimum absolute atomic E-state index is 0.0109. The topological polar surface area (TPSA) is 87.4 Å². The maximum absolute atomic E-state index is 12.5. The highest BCUT2D eigenvalue weighted by Crippen LogP contribution is 2.31. The fourth-order valence-corrected chi connectivity index (χ4v) is 1.88. The van der Waals surface area contributed by atoms with Crippen molar-refractivity contribution in [3.63, 3.8) is 0 Å². The smallest absolute Gasteiger partial charge is 0.208 e. The SMILES string of the molecule is COCOc1cc2occ(C#CC(C)O)c(=O)c2cc1OCOC. The molecule has 1 atom stereocenters. The van der Waals surface area contributed by atoms with Crippen molar-refractivity contribution in [2.45, 2.75) is 13.0 Å². The van der Waals surface area contributed by atoms with Gasteiger partial charge in [-0.05, 0) is 13.0 Å². The number of hydrogen-bond acceptors (Lipinski definition) is 7. The Morgan fingerprint density at radius 1 is 1.17 bits per heavy atom. The number of rotatable bonds is 6. The molecule has 7 heteroatoms. The Morgan fingerprint density at radius 3 is 2.38 bits per heavy atom. The zero-order valence-electron chi connectivity index (χ0n) is 13.6. The number of hydrogen-bond donors (Lipinski definition) is 1. The fraction of sp³-hybridized carbons (Fsp3) is 0.353. The molecule has 1 heterocycles. The summed E-state index contributed by atoms with van der Waals surface area (Å²) in [6.07, 6.45) is 0.404. The number of benzene rings is 1. The molecular formula is C17H18O7. The molecule has 24 heavy (non-hydrogen) atoms. The Kier molecular flexibility index (Phi) is 6.21. The Labute approximate surface area is 138 Å². The van der Waals surface area contributed by atoms with E-state index in [-0.39, 0.29) is 30.0 Å². The van der Waals surface area contributed by atoms with E-state index in [0.717, 1.165) is 0 Å². The molecule has 1 N–H and O–H groups in total. The van der Waals surface area contributed by atoms with Gasteiger partial charge in [0.05, 0.1) is 5.39 Å². The van der Waals surface area contributed by atoms with E-state index < -0.39 is 6.10 Å². The van der Waals surface area contributed by atoms with Crippen molar-refractivity contribution in [2.24, 2.45) is 0 Å². The number of methoxy groups -OCH3 is 2. The van der Waals surface area contributed by atoms with Crippen LogP contribution in [0.3, 0.4) is 0 Å². The first-order valence-electron chi connectivity index (χ1n) is 7.09. The van der Waals surface area contributed by atoms with Crippen molar-refractivity contribution >= 4 is 11.0 Å². The molecule has 0 amide bonds. The maximum Gasteiger partial charge on any atom is 0.208 e. The zero-order valence-corrected chi connectivity index (χ0v) is 13.6. The minimum atomic E-state index is -0.842. The van der Waals surface area contributed by atoms with Gasteiger partial charge in [0.1, 0.15) is 23.5 Å². The second kappa shape index (κ2) is 8.36. The molecule has 0 saturated heterocycles. The molecule has 1 aromatic carbocycles. The van der Waals surface area contributed by atoms with E-state index in [1.807, 2.05) is 0 Å². The molecule has 128 valence electrons. The standard InChI is InChI=1S/C17H18O7/c1-11(18)4-5-12-8-22-14-7-16(24-10-21-3)15(23-9-20-2)6-13(14)17(12)19/h6-8,11,18H,9-10H2,1-3H3. The number of ether oxygens (including phenoxy) is 4. The van der Waals surface area contributed by atoms with Gasteiger partial charge >= 0.3 is 0 Å². The third-order valence-corrected chi connectivity index (χ3v) is 2.92. The molecular weight excluding hydrogens is 316 g/mol. The molecule has 0 radical (unpaired) electrons. The average molecular weight is 334 g/mol. The number of aliphatic hydroxyl groups is 1. The Morgan fingerprint density at radius 2 is 1.79 bits per heavy atom. The van der Waals surface area contributed by atoms with Crippen LogP contribution in [0.15, 0.2) is 27.6 Å². The van der Waals surface area contributed by atoms with Crippen LogP contribution in [0.25, 0.3) is 11.0 Å². The molecule has 7 nitrogen and oxygen atoms in total. The lowest BCUT2D eigenvalue weighted by atomic mass is 10.1. The molecule has 1 aromatic heterocycles. The van der Waals surface area contributed by atoms with Crippen LogP contribution in [-0.4, -0.2) is 39.0 Å². The van der Waals surface area contributed by atoms with Crippen LogP contribution in [0.1, 0.15) is 12.5 Å². The molecule has 0 aliphatic rings. The van der Waals surface area contributed by atoms with Crippen molar-refractivity contribution in [2.75, 3.05) is 27.8 Å². The molecule has 0 bridgehead atoms. The Bertz CT molecular complexity index is 811. The van der Waals surface area contributed by atoms with Crippen molar-refractivity contribution < 1.29 is 28.5 Å². The van der Waals surface area contributed by atoms with Crippen LogP contribution < -0.4 is 14.9 Å². The second-order valence-electron chi connectivity index (χ2n) is 4.82. The first-order chi connectivity index (χ1) is 11.6. The summed E-state index contributed by atoms with van der Waals surface area (Å²) in [5, 5.41) is 9.49. The second-order valence-corrected chi connectivity index (χ2v) is 4.82. The summed E-state index contributed by atoms with van der Waals surface area (Å²) in [7, 11) is 2.97. The fourth-order valence-electron chi connectivity index (χ4n) is 1.88. The lowest BCUT2D eigenvalue weighted by Gasteiger charge is -2.12. The third kappa shape index (κ3) is 4.26. The molecule has 1 unspecified atom stereocenters. The summed E-state index contributed by atoms with van der Waals surface area (Å²) in [6.45, 7) is 1.50. The van der Waals surface area contributed by atoms with Gasteiger partial charge in [0.25, 0.3) is 0 Å². The number of fused-ring (bicyclic) bond motifs is 1. The molecule has 2 rings (SSSR count). The molecule has 0 aliphatic carbocycles. The predicted molar refractivity (Wildman–Crippen MR) is 86.1 cm³/mol. The summed E-state index contributed by atoms with van der Waals surface area (Å²) in [4.78, 5) is 12.5. The summed E-state index contributed by atoms with van der Waals surface area (Å²) in [6, 6.07) is 3.03. The average Bonchev–Trinajstić information content (AvgIpc) is 2.57. The lowest BCUT2D eigenvalue weighted by Crippen LogP contribution is -2.09. The largest absolute Gasteiger partial charge is 0.464 e. The number of aliphatic hydroxyl groups excluding tert-OH is 1. The van der Waals surface area contributed by atoms with Gasteiger partial charge in [0, 0.05) is 20.3 Å². The summed E-state index contributed by atoms with van der Waals surface area (Å²) >= 11 is 0. The van der Waals surface area contributed by atoms with E-state index in [9.17, 15) is 9.90 Å². The third-order valence-electron chi connectivity index (χ3n) is 2.92. The highest BCUT2D eigenvalue weighted by atomic mass is 16.7. The van der Waals surface area contributed by atoms with Crippen LogP contribution in [0.5, 0.6) is 11.5 Å². The first-order valence-corrected chi connectivity index (χ1v) is 7.09. The molecule has 0 aliphatic heterocycles. The van der Waals surface area contributed by atoms with Gasteiger partial charge in [-0.3, -0.25) is 4.79 Å². The lowest BCUT2D eigenvalue weighted by molar-refractivity contribution is 0.0324. The molecule has 0 saturated carbocycles. The predicted octanol–water partition coefficient (Wildman–Crippen LogP) is 1.49. The maximum atomic E-state index is 12.5. The monoisotopic (exact) mass is 334 g/mol. The quantitative estimate of drug-likeness (QED) is 0.632. The van der Waals surface area contributed by atoms with Gasteiger partial charge < -0.3 is 28.5 Å². The van der Waals surface area contributed by atoms with E-state index in [1.165, 1.54) is 39.5 Å².